The third-order valence-corrected chi connectivity index (χ3v) is 3.11. The number of benzene rings is 1. The first kappa shape index (κ1) is 13.9. The van der Waals surface area contributed by atoms with E-state index in [4.69, 9.17) is 10.9 Å². The molecule has 0 aliphatic rings. The lowest BCUT2D eigenvalue weighted by atomic mass is 10.1. The van der Waals surface area contributed by atoms with Gasteiger partial charge < -0.3 is 15.5 Å². The number of amidine groups is 1. The summed E-state index contributed by atoms with van der Waals surface area (Å²) in [4.78, 5) is 12.1. The monoisotopic (exact) mass is 271 g/mol. The molecule has 0 fully saturated rings. The smallest absolute Gasteiger partial charge is 0.261 e. The van der Waals surface area contributed by atoms with Crippen molar-refractivity contribution >= 4 is 5.84 Å². The first-order chi connectivity index (χ1) is 9.72. The highest BCUT2D eigenvalue weighted by atomic mass is 16.4. The largest absolute Gasteiger partial charge is 0.409 e. The van der Waals surface area contributed by atoms with E-state index in [-0.39, 0.29) is 17.0 Å². The maximum Gasteiger partial charge on any atom is 0.261 e. The molecule has 0 bridgehead atoms. The standard InChI is InChI=1S/C15H17N3O2/c16-14(17-20)13-9-5-11-18(15(13)19)10-4-8-12-6-2-1-3-7-12/h1-3,5-7,9,11,20H,4,8,10H2,(H2,16,17). The number of nitrogens with zero attached hydrogens (tertiary/aromatic N) is 2. The summed E-state index contributed by atoms with van der Waals surface area (Å²) in [6, 6.07) is 13.4. The van der Waals surface area contributed by atoms with Crippen molar-refractivity contribution in [1.82, 2.24) is 4.57 Å². The number of oxime groups is 1. The SMILES string of the molecule is N/C(=N/O)c1cccn(CCCc2ccccc2)c1=O. The Bertz CT molecular complexity index is 648. The van der Waals surface area contributed by atoms with Crippen LogP contribution >= 0.6 is 0 Å². The lowest BCUT2D eigenvalue weighted by molar-refractivity contribution is 0.318. The summed E-state index contributed by atoms with van der Waals surface area (Å²) in [5.41, 5.74) is 6.69. The third kappa shape index (κ3) is 3.26. The normalized spacial score (nSPS) is 11.5. The highest BCUT2D eigenvalue weighted by Crippen LogP contribution is 2.03. The van der Waals surface area contributed by atoms with E-state index in [0.717, 1.165) is 12.8 Å². The number of aryl methyl sites for hydroxylation is 2. The molecule has 0 aliphatic heterocycles. The van der Waals surface area contributed by atoms with E-state index in [1.807, 2.05) is 18.2 Å². The molecule has 5 nitrogen and oxygen atoms in total. The van der Waals surface area contributed by atoms with Gasteiger partial charge in [0.15, 0.2) is 5.84 Å². The van der Waals surface area contributed by atoms with E-state index in [2.05, 4.69) is 17.3 Å². The Labute approximate surface area is 117 Å². The zero-order chi connectivity index (χ0) is 14.4. The molecule has 0 spiro atoms. The van der Waals surface area contributed by atoms with Crippen molar-refractivity contribution < 1.29 is 5.21 Å². The van der Waals surface area contributed by atoms with Crippen LogP contribution in [-0.4, -0.2) is 15.6 Å². The number of pyridine rings is 1. The van der Waals surface area contributed by atoms with Gasteiger partial charge in [-0.05, 0) is 30.5 Å². The fourth-order valence-electron chi connectivity index (χ4n) is 2.06. The van der Waals surface area contributed by atoms with Gasteiger partial charge in [0.2, 0.25) is 0 Å². The van der Waals surface area contributed by atoms with Crippen LogP contribution in [-0.2, 0) is 13.0 Å². The summed E-state index contributed by atoms with van der Waals surface area (Å²) in [5.74, 6) is -0.160. The van der Waals surface area contributed by atoms with Gasteiger partial charge in [-0.15, -0.1) is 0 Å². The van der Waals surface area contributed by atoms with Crippen molar-refractivity contribution in [1.29, 1.82) is 0 Å². The molecule has 3 N–H and O–H groups in total. The van der Waals surface area contributed by atoms with Gasteiger partial charge >= 0.3 is 0 Å². The number of hydrogen-bond donors (Lipinski definition) is 2. The van der Waals surface area contributed by atoms with Crippen molar-refractivity contribution in [2.75, 3.05) is 0 Å². The molecule has 0 atom stereocenters. The van der Waals surface area contributed by atoms with Crippen LogP contribution in [0.1, 0.15) is 17.5 Å². The van der Waals surface area contributed by atoms with E-state index in [9.17, 15) is 4.79 Å². The molecule has 0 saturated carbocycles. The molecule has 0 radical (unpaired) electrons. The van der Waals surface area contributed by atoms with Crippen LogP contribution in [0.15, 0.2) is 58.6 Å². The van der Waals surface area contributed by atoms with Gasteiger partial charge in [-0.2, -0.15) is 0 Å². The second-order valence-corrected chi connectivity index (χ2v) is 4.49. The molecule has 20 heavy (non-hydrogen) atoms. The fourth-order valence-corrected chi connectivity index (χ4v) is 2.06. The highest BCUT2D eigenvalue weighted by Gasteiger charge is 2.07. The second kappa shape index (κ2) is 6.56. The van der Waals surface area contributed by atoms with Crippen LogP contribution < -0.4 is 11.3 Å². The summed E-state index contributed by atoms with van der Waals surface area (Å²) < 4.78 is 1.58. The van der Waals surface area contributed by atoms with Gasteiger partial charge in [0, 0.05) is 12.7 Å². The minimum Gasteiger partial charge on any atom is -0.409 e. The van der Waals surface area contributed by atoms with Gasteiger partial charge in [-0.25, -0.2) is 0 Å². The highest BCUT2D eigenvalue weighted by molar-refractivity contribution is 5.96. The van der Waals surface area contributed by atoms with Crippen molar-refractivity contribution in [3.8, 4) is 0 Å². The van der Waals surface area contributed by atoms with Crippen LogP contribution in [0.25, 0.3) is 0 Å². The molecule has 104 valence electrons. The minimum atomic E-state index is -0.240. The predicted molar refractivity (Wildman–Crippen MR) is 78.0 cm³/mol. The van der Waals surface area contributed by atoms with Crippen molar-refractivity contribution in [3.05, 3.63) is 70.1 Å². The maximum absolute atomic E-state index is 12.1. The predicted octanol–water partition coefficient (Wildman–Crippen LogP) is 1.58. The Morgan fingerprint density at radius 1 is 1.20 bits per heavy atom. The first-order valence-corrected chi connectivity index (χ1v) is 6.43. The van der Waals surface area contributed by atoms with Crippen LogP contribution in [0.5, 0.6) is 0 Å². The summed E-state index contributed by atoms with van der Waals surface area (Å²) in [6.45, 7) is 0.597. The Balaban J connectivity index is 2.05. The molecule has 1 aromatic carbocycles. The third-order valence-electron chi connectivity index (χ3n) is 3.11. The van der Waals surface area contributed by atoms with Crippen LogP contribution in [0.4, 0.5) is 0 Å². The summed E-state index contributed by atoms with van der Waals surface area (Å²) in [6.07, 6.45) is 3.46. The molecule has 0 amide bonds. The lowest BCUT2D eigenvalue weighted by Crippen LogP contribution is -2.29. The van der Waals surface area contributed by atoms with Gasteiger partial charge in [0.1, 0.15) is 0 Å². The molecular weight excluding hydrogens is 254 g/mol. The molecule has 0 saturated heterocycles. The van der Waals surface area contributed by atoms with Crippen LogP contribution in [0, 0.1) is 0 Å². The fraction of sp³-hybridized carbons (Fsp3) is 0.200. The number of hydrogen-bond acceptors (Lipinski definition) is 3. The molecule has 1 heterocycles. The van der Waals surface area contributed by atoms with Crippen molar-refractivity contribution in [3.63, 3.8) is 0 Å². The maximum atomic E-state index is 12.1. The number of aromatic nitrogens is 1. The summed E-state index contributed by atoms with van der Waals surface area (Å²) >= 11 is 0. The summed E-state index contributed by atoms with van der Waals surface area (Å²) in [5, 5.41) is 11.5. The molecule has 2 rings (SSSR count). The average Bonchev–Trinajstić information content (AvgIpc) is 2.49. The van der Waals surface area contributed by atoms with E-state index in [1.54, 1.807) is 22.9 Å². The Morgan fingerprint density at radius 3 is 2.65 bits per heavy atom. The number of nitrogens with two attached hydrogens (primary N) is 1. The van der Waals surface area contributed by atoms with Crippen molar-refractivity contribution in [2.45, 2.75) is 19.4 Å². The van der Waals surface area contributed by atoms with Crippen LogP contribution in [0.2, 0.25) is 0 Å². The van der Waals surface area contributed by atoms with Crippen LogP contribution in [0.3, 0.4) is 0 Å². The molecule has 0 unspecified atom stereocenters. The van der Waals surface area contributed by atoms with E-state index in [1.165, 1.54) is 5.56 Å². The molecular formula is C15H17N3O2. The van der Waals surface area contributed by atoms with Crippen molar-refractivity contribution in [2.24, 2.45) is 10.9 Å². The quantitative estimate of drug-likeness (QED) is 0.375. The van der Waals surface area contributed by atoms with Gasteiger partial charge in [-0.3, -0.25) is 4.79 Å². The topological polar surface area (TPSA) is 80.6 Å². The molecule has 1 aromatic heterocycles. The second-order valence-electron chi connectivity index (χ2n) is 4.49. The number of rotatable bonds is 5. The molecule has 5 heteroatoms. The Hall–Kier alpha value is -2.56. The minimum absolute atomic E-state index is 0.160. The summed E-state index contributed by atoms with van der Waals surface area (Å²) in [7, 11) is 0. The molecule has 0 aliphatic carbocycles. The first-order valence-electron chi connectivity index (χ1n) is 6.43. The van der Waals surface area contributed by atoms with E-state index < -0.39 is 0 Å². The zero-order valence-corrected chi connectivity index (χ0v) is 11.1. The van der Waals surface area contributed by atoms with E-state index >= 15 is 0 Å². The lowest BCUT2D eigenvalue weighted by Gasteiger charge is -2.07. The van der Waals surface area contributed by atoms with E-state index in [0.29, 0.717) is 6.54 Å². The Kier molecular flexibility index (Phi) is 4.55. The van der Waals surface area contributed by atoms with Gasteiger partial charge in [0.05, 0.1) is 5.56 Å². The van der Waals surface area contributed by atoms with Gasteiger partial charge in [0.25, 0.3) is 5.56 Å². The molecule has 2 aromatic rings. The Morgan fingerprint density at radius 2 is 1.95 bits per heavy atom. The average molecular weight is 271 g/mol. The zero-order valence-electron chi connectivity index (χ0n) is 11.1. The van der Waals surface area contributed by atoms with Gasteiger partial charge in [-0.1, -0.05) is 35.5 Å².